The molecule has 0 rings (SSSR count). The molecule has 0 saturated heterocycles. The van der Waals surface area contributed by atoms with Crippen molar-refractivity contribution in [3.05, 3.63) is 0 Å². The minimum atomic E-state index is -0.667. The molecule has 70 heavy (non-hydrogen) atoms. The normalized spacial score (nSPS) is 12.5. The fraction of sp³-hybridized carbons (Fsp3) is 0.969. The van der Waals surface area contributed by atoms with Crippen LogP contribution in [0.4, 0.5) is 0 Å². The van der Waals surface area contributed by atoms with Gasteiger partial charge in [0.1, 0.15) is 0 Å². The fourth-order valence-electron chi connectivity index (χ4n) is 10.5. The van der Waals surface area contributed by atoms with Crippen molar-refractivity contribution in [1.82, 2.24) is 5.32 Å². The van der Waals surface area contributed by atoms with Crippen LogP contribution in [0.15, 0.2) is 0 Å². The lowest BCUT2D eigenvalue weighted by atomic mass is 10.0. The zero-order chi connectivity index (χ0) is 50.7. The average Bonchev–Trinajstić information content (AvgIpc) is 3.36. The molecule has 6 nitrogen and oxygen atoms in total. The van der Waals surface area contributed by atoms with Crippen molar-refractivity contribution in [1.29, 1.82) is 0 Å². The molecular weight excluding hydrogens is 863 g/mol. The molecule has 2 unspecified atom stereocenters. The number of aliphatic hydroxyl groups is 2. The Labute approximate surface area is 438 Å². The summed E-state index contributed by atoms with van der Waals surface area (Å²) in [5.74, 6) is -0.0245. The number of hydrogen-bond acceptors (Lipinski definition) is 5. The molecule has 0 spiro atoms. The predicted molar refractivity (Wildman–Crippen MR) is 306 cm³/mol. The first-order valence-electron chi connectivity index (χ1n) is 32.3. The van der Waals surface area contributed by atoms with Crippen LogP contribution in [0.2, 0.25) is 0 Å². The van der Waals surface area contributed by atoms with E-state index >= 15 is 0 Å². The first kappa shape index (κ1) is 68.9. The van der Waals surface area contributed by atoms with Gasteiger partial charge in [-0.15, -0.1) is 0 Å². The highest BCUT2D eigenvalue weighted by molar-refractivity contribution is 5.76. The van der Waals surface area contributed by atoms with E-state index in [2.05, 4.69) is 19.2 Å². The number of aliphatic hydroxyl groups excluding tert-OH is 2. The molecule has 0 aromatic heterocycles. The Hall–Kier alpha value is -1.14. The lowest BCUT2D eigenvalue weighted by Crippen LogP contribution is -2.45. The number of carbonyl (C=O) groups excluding carboxylic acids is 2. The van der Waals surface area contributed by atoms with Crippen LogP contribution >= 0.6 is 0 Å². The monoisotopic (exact) mass is 990 g/mol. The fourth-order valence-corrected chi connectivity index (χ4v) is 10.5. The number of unbranched alkanes of at least 4 members (excludes halogenated alkanes) is 50. The van der Waals surface area contributed by atoms with Crippen LogP contribution < -0.4 is 5.32 Å². The highest BCUT2D eigenvalue weighted by Gasteiger charge is 2.20. The van der Waals surface area contributed by atoms with Crippen molar-refractivity contribution in [3.8, 4) is 0 Å². The lowest BCUT2D eigenvalue weighted by molar-refractivity contribution is -0.143. The number of esters is 1. The van der Waals surface area contributed by atoms with Gasteiger partial charge in [0, 0.05) is 12.8 Å². The van der Waals surface area contributed by atoms with Crippen LogP contribution in [0.5, 0.6) is 0 Å². The summed E-state index contributed by atoms with van der Waals surface area (Å²) >= 11 is 0. The molecule has 0 aromatic carbocycles. The minimum absolute atomic E-state index is 0.0116. The summed E-state index contributed by atoms with van der Waals surface area (Å²) in [6, 6.07) is -0.544. The van der Waals surface area contributed by atoms with Gasteiger partial charge in [-0.05, 0) is 25.7 Å². The quantitative estimate of drug-likeness (QED) is 0.0417. The smallest absolute Gasteiger partial charge is 0.305 e. The Morgan fingerprint density at radius 1 is 0.343 bits per heavy atom. The molecular formula is C64H127NO5. The van der Waals surface area contributed by atoms with Crippen LogP contribution in [-0.2, 0) is 14.3 Å². The van der Waals surface area contributed by atoms with Crippen molar-refractivity contribution in [3.63, 3.8) is 0 Å². The molecule has 3 N–H and O–H groups in total. The van der Waals surface area contributed by atoms with Gasteiger partial charge in [0.2, 0.25) is 5.91 Å². The molecule has 418 valence electrons. The van der Waals surface area contributed by atoms with E-state index in [1.807, 2.05) is 0 Å². The van der Waals surface area contributed by atoms with Crippen molar-refractivity contribution < 1.29 is 24.5 Å². The van der Waals surface area contributed by atoms with Crippen LogP contribution in [0, 0.1) is 0 Å². The molecule has 0 bridgehead atoms. The summed E-state index contributed by atoms with van der Waals surface area (Å²) in [5.41, 5.74) is 0. The van der Waals surface area contributed by atoms with Gasteiger partial charge in [-0.25, -0.2) is 0 Å². The highest BCUT2D eigenvalue weighted by Crippen LogP contribution is 2.19. The van der Waals surface area contributed by atoms with Crippen molar-refractivity contribution in [2.24, 2.45) is 0 Å². The maximum Gasteiger partial charge on any atom is 0.305 e. The Morgan fingerprint density at radius 2 is 0.586 bits per heavy atom. The second-order valence-electron chi connectivity index (χ2n) is 22.5. The largest absolute Gasteiger partial charge is 0.466 e. The van der Waals surface area contributed by atoms with E-state index in [1.165, 1.54) is 302 Å². The summed E-state index contributed by atoms with van der Waals surface area (Å²) < 4.78 is 5.50. The van der Waals surface area contributed by atoms with Gasteiger partial charge in [-0.2, -0.15) is 0 Å². The van der Waals surface area contributed by atoms with E-state index in [9.17, 15) is 19.8 Å². The minimum Gasteiger partial charge on any atom is -0.466 e. The molecule has 0 fully saturated rings. The van der Waals surface area contributed by atoms with Gasteiger partial charge in [0.15, 0.2) is 0 Å². The number of amides is 1. The zero-order valence-corrected chi connectivity index (χ0v) is 47.8. The molecule has 0 saturated carbocycles. The molecule has 0 heterocycles. The van der Waals surface area contributed by atoms with E-state index in [-0.39, 0.29) is 18.5 Å². The first-order valence-corrected chi connectivity index (χ1v) is 32.3. The summed E-state index contributed by atoms with van der Waals surface area (Å²) in [4.78, 5) is 24.6. The van der Waals surface area contributed by atoms with E-state index in [0.717, 1.165) is 38.5 Å². The van der Waals surface area contributed by atoms with Gasteiger partial charge in [0.25, 0.3) is 0 Å². The van der Waals surface area contributed by atoms with Crippen LogP contribution in [0.3, 0.4) is 0 Å². The Kier molecular flexibility index (Phi) is 59.4. The zero-order valence-electron chi connectivity index (χ0n) is 47.8. The maximum absolute atomic E-state index is 12.5. The topological polar surface area (TPSA) is 95.9 Å². The van der Waals surface area contributed by atoms with Gasteiger partial charge in [-0.1, -0.05) is 335 Å². The molecule has 0 aliphatic rings. The SMILES string of the molecule is CCCCCCCCCCCCCCCCCCCCCC(=O)OCCCCCCCCCCCCCCCCCCCC(=O)NC(CO)C(O)CCCCCCCCCCCCCCCCCCC. The van der Waals surface area contributed by atoms with E-state index in [1.54, 1.807) is 0 Å². The number of rotatable bonds is 61. The van der Waals surface area contributed by atoms with Gasteiger partial charge >= 0.3 is 5.97 Å². The average molecular weight is 991 g/mol. The molecule has 0 aliphatic carbocycles. The van der Waals surface area contributed by atoms with Gasteiger partial charge in [-0.3, -0.25) is 9.59 Å². The van der Waals surface area contributed by atoms with Gasteiger partial charge < -0.3 is 20.3 Å². The van der Waals surface area contributed by atoms with Crippen molar-refractivity contribution >= 4 is 11.9 Å². The van der Waals surface area contributed by atoms with Crippen LogP contribution in [0.25, 0.3) is 0 Å². The molecule has 1 amide bonds. The van der Waals surface area contributed by atoms with Crippen molar-refractivity contribution in [2.75, 3.05) is 13.2 Å². The first-order chi connectivity index (χ1) is 34.5. The highest BCUT2D eigenvalue weighted by atomic mass is 16.5. The summed E-state index contributed by atoms with van der Waals surface area (Å²) in [6.45, 7) is 4.99. The third kappa shape index (κ3) is 56.2. The maximum atomic E-state index is 12.5. The summed E-state index contributed by atoms with van der Waals surface area (Å²) in [6.07, 6.45) is 71.1. The number of nitrogens with one attached hydrogen (secondary N) is 1. The van der Waals surface area contributed by atoms with E-state index in [4.69, 9.17) is 4.74 Å². The Balaban J connectivity index is 3.37. The number of ether oxygens (including phenoxy) is 1. The van der Waals surface area contributed by atoms with Crippen molar-refractivity contribution in [2.45, 2.75) is 386 Å². The third-order valence-electron chi connectivity index (χ3n) is 15.4. The summed E-state index contributed by atoms with van der Waals surface area (Å²) in [5, 5.41) is 23.3. The summed E-state index contributed by atoms with van der Waals surface area (Å²) in [7, 11) is 0. The number of hydrogen-bond donors (Lipinski definition) is 3. The molecule has 0 radical (unpaired) electrons. The third-order valence-corrected chi connectivity index (χ3v) is 15.4. The van der Waals surface area contributed by atoms with E-state index < -0.39 is 12.1 Å². The molecule has 2 atom stereocenters. The molecule has 0 aromatic rings. The van der Waals surface area contributed by atoms with Gasteiger partial charge in [0.05, 0.1) is 25.4 Å². The predicted octanol–water partition coefficient (Wildman–Crippen LogP) is 20.3. The lowest BCUT2D eigenvalue weighted by Gasteiger charge is -2.22. The standard InChI is InChI=1S/C64H127NO5/c1-3-5-7-9-11-13-15-17-19-21-22-26-30-34-38-42-46-50-54-58-64(69)70-59-55-51-47-43-39-35-31-27-23-25-29-33-37-41-45-49-53-57-63(68)65-61(60-66)62(67)56-52-48-44-40-36-32-28-24-20-18-16-14-12-10-8-6-4-2/h61-62,66-67H,3-60H2,1-2H3,(H,65,68). The molecule has 0 aliphatic heterocycles. The number of carbonyl (C=O) groups is 2. The van der Waals surface area contributed by atoms with E-state index in [0.29, 0.717) is 25.9 Å². The van der Waals surface area contributed by atoms with Crippen LogP contribution in [0.1, 0.15) is 373 Å². The second-order valence-corrected chi connectivity index (χ2v) is 22.5. The molecule has 6 heteroatoms. The Bertz CT molecular complexity index is 1010. The Morgan fingerprint density at radius 3 is 0.871 bits per heavy atom. The second kappa shape index (κ2) is 60.4. The van der Waals surface area contributed by atoms with Crippen LogP contribution in [-0.4, -0.2) is 47.4 Å².